The maximum atomic E-state index is 11.8. The lowest BCUT2D eigenvalue weighted by atomic mass is 9.78. The van der Waals surface area contributed by atoms with E-state index in [9.17, 15) is 25.1 Å². The summed E-state index contributed by atoms with van der Waals surface area (Å²) in [5.41, 5.74) is 1.41. The molecule has 0 saturated heterocycles. The average molecular weight is 312 g/mol. The smallest absolute Gasteiger partial charge is 0.334 e. The standard InChI is InChI=1S/C17H16N2O4/c1-3-12-15(17(22)23)14(13(16(20)21)9(2)19-12)11-7-5-4-6-10(11)8-18/h4-7,14,19H,3H2,1-2H3,(H,20,21)(H,22,23). The minimum Gasteiger partial charge on any atom is -0.478 e. The molecule has 2 rings (SSSR count). The molecule has 0 bridgehead atoms. The Kier molecular flexibility index (Phi) is 4.51. The molecule has 6 nitrogen and oxygen atoms in total. The van der Waals surface area contributed by atoms with Crippen molar-refractivity contribution in [1.29, 1.82) is 5.26 Å². The van der Waals surface area contributed by atoms with Crippen LogP contribution in [0.1, 0.15) is 37.3 Å². The van der Waals surface area contributed by atoms with Crippen molar-refractivity contribution in [3.8, 4) is 6.07 Å². The van der Waals surface area contributed by atoms with E-state index in [1.54, 1.807) is 38.1 Å². The molecule has 1 aliphatic rings. The minimum atomic E-state index is -1.21. The van der Waals surface area contributed by atoms with Gasteiger partial charge in [-0.3, -0.25) is 0 Å². The molecule has 1 aliphatic heterocycles. The van der Waals surface area contributed by atoms with Crippen LogP contribution in [-0.2, 0) is 9.59 Å². The van der Waals surface area contributed by atoms with Gasteiger partial charge in [0.15, 0.2) is 0 Å². The number of carboxylic acid groups (broad SMARTS) is 2. The van der Waals surface area contributed by atoms with Crippen molar-refractivity contribution >= 4 is 11.9 Å². The minimum absolute atomic E-state index is 0.0294. The highest BCUT2D eigenvalue weighted by molar-refractivity contribution is 5.98. The predicted octanol–water partition coefficient (Wildman–Crippen LogP) is 2.35. The Morgan fingerprint density at radius 1 is 1.22 bits per heavy atom. The second kappa shape index (κ2) is 6.36. The van der Waals surface area contributed by atoms with Crippen LogP contribution in [-0.4, -0.2) is 22.2 Å². The highest BCUT2D eigenvalue weighted by atomic mass is 16.4. The SMILES string of the molecule is CCC1=C(C(=O)O)C(c2ccccc2C#N)C(C(=O)O)=C(C)N1. The first-order valence-electron chi connectivity index (χ1n) is 7.08. The molecule has 1 atom stereocenters. The van der Waals surface area contributed by atoms with E-state index in [0.29, 0.717) is 23.4 Å². The number of nitriles is 1. The lowest BCUT2D eigenvalue weighted by Crippen LogP contribution is -2.32. The van der Waals surface area contributed by atoms with Crippen molar-refractivity contribution in [2.75, 3.05) is 0 Å². The molecule has 23 heavy (non-hydrogen) atoms. The van der Waals surface area contributed by atoms with Crippen LogP contribution in [0.3, 0.4) is 0 Å². The molecule has 0 radical (unpaired) electrons. The topological polar surface area (TPSA) is 110 Å². The summed E-state index contributed by atoms with van der Waals surface area (Å²) < 4.78 is 0. The van der Waals surface area contributed by atoms with Crippen LogP contribution >= 0.6 is 0 Å². The second-order valence-electron chi connectivity index (χ2n) is 5.15. The lowest BCUT2D eigenvalue weighted by Gasteiger charge is -2.30. The average Bonchev–Trinajstić information content (AvgIpc) is 2.52. The summed E-state index contributed by atoms with van der Waals surface area (Å²) in [5, 5.41) is 31.4. The number of aliphatic carboxylic acids is 2. The molecule has 3 N–H and O–H groups in total. The zero-order valence-electron chi connectivity index (χ0n) is 12.8. The Morgan fingerprint density at radius 3 is 2.35 bits per heavy atom. The summed E-state index contributed by atoms with van der Waals surface area (Å²) in [6.07, 6.45) is 0.414. The summed E-state index contributed by atoms with van der Waals surface area (Å²) in [6.45, 7) is 3.39. The van der Waals surface area contributed by atoms with Crippen molar-refractivity contribution in [3.05, 3.63) is 57.9 Å². The number of benzene rings is 1. The summed E-state index contributed by atoms with van der Waals surface area (Å²) in [6, 6.07) is 8.48. The molecule has 0 fully saturated rings. The Morgan fingerprint density at radius 2 is 1.83 bits per heavy atom. The fourth-order valence-corrected chi connectivity index (χ4v) is 2.87. The molecular weight excluding hydrogens is 296 g/mol. The van der Waals surface area contributed by atoms with Gasteiger partial charge in [0.25, 0.3) is 0 Å². The first-order valence-corrected chi connectivity index (χ1v) is 7.08. The molecule has 0 aliphatic carbocycles. The predicted molar refractivity (Wildman–Crippen MR) is 82.3 cm³/mol. The van der Waals surface area contributed by atoms with Gasteiger partial charge in [0.2, 0.25) is 0 Å². The molecule has 0 amide bonds. The molecule has 0 saturated carbocycles. The van der Waals surface area contributed by atoms with Crippen molar-refractivity contribution in [2.45, 2.75) is 26.2 Å². The Balaban J connectivity index is 2.81. The third kappa shape index (κ3) is 2.81. The Labute approximate surface area is 133 Å². The number of carbonyl (C=O) groups is 2. The molecule has 1 aromatic rings. The number of allylic oxidation sites excluding steroid dienone is 2. The monoisotopic (exact) mass is 312 g/mol. The fraction of sp³-hybridized carbons (Fsp3) is 0.235. The summed E-state index contributed by atoms with van der Waals surface area (Å²) in [7, 11) is 0. The first-order chi connectivity index (χ1) is 10.9. The van der Waals surface area contributed by atoms with Crippen molar-refractivity contribution < 1.29 is 19.8 Å². The molecule has 1 heterocycles. The largest absolute Gasteiger partial charge is 0.478 e. The van der Waals surface area contributed by atoms with Crippen LogP contribution < -0.4 is 5.32 Å². The number of carboxylic acids is 2. The zero-order valence-corrected chi connectivity index (χ0v) is 12.8. The molecular formula is C17H16N2O4. The van der Waals surface area contributed by atoms with E-state index in [1.807, 2.05) is 6.07 Å². The zero-order chi connectivity index (χ0) is 17.1. The number of hydrogen-bond acceptors (Lipinski definition) is 4. The maximum absolute atomic E-state index is 11.8. The molecule has 0 spiro atoms. The second-order valence-corrected chi connectivity index (χ2v) is 5.15. The first kappa shape index (κ1) is 16.3. The number of dihydropyridines is 1. The van der Waals surface area contributed by atoms with Gasteiger partial charge in [-0.2, -0.15) is 5.26 Å². The fourth-order valence-electron chi connectivity index (χ4n) is 2.87. The van der Waals surface area contributed by atoms with Crippen LogP contribution in [0.5, 0.6) is 0 Å². The molecule has 118 valence electrons. The van der Waals surface area contributed by atoms with E-state index >= 15 is 0 Å². The molecule has 0 aromatic heterocycles. The lowest BCUT2D eigenvalue weighted by molar-refractivity contribution is -0.133. The highest BCUT2D eigenvalue weighted by Crippen LogP contribution is 2.40. The number of nitrogens with one attached hydrogen (secondary N) is 1. The van der Waals surface area contributed by atoms with E-state index in [2.05, 4.69) is 5.32 Å². The van der Waals surface area contributed by atoms with Gasteiger partial charge in [0.1, 0.15) is 0 Å². The van der Waals surface area contributed by atoms with Gasteiger partial charge in [-0.25, -0.2) is 9.59 Å². The van der Waals surface area contributed by atoms with Crippen LogP contribution in [0.25, 0.3) is 0 Å². The summed E-state index contributed by atoms with van der Waals surface area (Å²) in [4.78, 5) is 23.5. The van der Waals surface area contributed by atoms with Crippen molar-refractivity contribution in [3.63, 3.8) is 0 Å². The van der Waals surface area contributed by atoms with Crippen LogP contribution in [0, 0.1) is 11.3 Å². The Hall–Kier alpha value is -3.07. The van der Waals surface area contributed by atoms with Crippen molar-refractivity contribution in [2.24, 2.45) is 0 Å². The summed E-state index contributed by atoms with van der Waals surface area (Å²) in [5.74, 6) is -3.39. The van der Waals surface area contributed by atoms with E-state index in [1.165, 1.54) is 0 Å². The Bertz CT molecular complexity index is 784. The number of rotatable bonds is 4. The van der Waals surface area contributed by atoms with Crippen molar-refractivity contribution in [1.82, 2.24) is 5.32 Å². The molecule has 1 unspecified atom stereocenters. The van der Waals surface area contributed by atoms with Gasteiger partial charge < -0.3 is 15.5 Å². The number of nitrogens with zero attached hydrogens (tertiary/aromatic N) is 1. The maximum Gasteiger partial charge on any atom is 0.334 e. The molecule has 6 heteroatoms. The van der Waals surface area contributed by atoms with Crippen LogP contribution in [0.4, 0.5) is 0 Å². The van der Waals surface area contributed by atoms with Crippen LogP contribution in [0.2, 0.25) is 0 Å². The van der Waals surface area contributed by atoms with Gasteiger partial charge in [-0.15, -0.1) is 0 Å². The van der Waals surface area contributed by atoms with E-state index < -0.39 is 17.9 Å². The highest BCUT2D eigenvalue weighted by Gasteiger charge is 2.38. The van der Waals surface area contributed by atoms with E-state index in [-0.39, 0.29) is 16.7 Å². The number of hydrogen-bond donors (Lipinski definition) is 3. The molecule has 1 aromatic carbocycles. The van der Waals surface area contributed by atoms with Gasteiger partial charge in [0, 0.05) is 11.4 Å². The third-order valence-electron chi connectivity index (χ3n) is 3.85. The van der Waals surface area contributed by atoms with Gasteiger partial charge in [0.05, 0.1) is 28.7 Å². The quantitative estimate of drug-likeness (QED) is 0.787. The third-order valence-corrected chi connectivity index (χ3v) is 3.85. The van der Waals surface area contributed by atoms with E-state index in [0.717, 1.165) is 0 Å². The van der Waals surface area contributed by atoms with Crippen LogP contribution in [0.15, 0.2) is 46.8 Å². The van der Waals surface area contributed by atoms with Gasteiger partial charge >= 0.3 is 11.9 Å². The van der Waals surface area contributed by atoms with E-state index in [4.69, 9.17) is 0 Å². The summed E-state index contributed by atoms with van der Waals surface area (Å²) >= 11 is 0. The normalized spacial score (nSPS) is 17.5. The van der Waals surface area contributed by atoms with Gasteiger partial charge in [-0.05, 0) is 25.0 Å². The van der Waals surface area contributed by atoms with Gasteiger partial charge in [-0.1, -0.05) is 25.1 Å².